The first kappa shape index (κ1) is 19.3. The Morgan fingerprint density at radius 3 is 2.48 bits per heavy atom. The molecule has 0 radical (unpaired) electrons. The van der Waals surface area contributed by atoms with Crippen LogP contribution < -0.4 is 5.73 Å². The molecule has 3 N–H and O–H groups in total. The number of allylic oxidation sites excluding steroid dienone is 3. The third kappa shape index (κ3) is 4.84. The van der Waals surface area contributed by atoms with Gasteiger partial charge in [0.05, 0.1) is 11.4 Å². The van der Waals surface area contributed by atoms with Crippen LogP contribution in [0.15, 0.2) is 39.4 Å². The lowest BCUT2D eigenvalue weighted by molar-refractivity contribution is -0.129. The predicted octanol–water partition coefficient (Wildman–Crippen LogP) is 3.04. The van der Waals surface area contributed by atoms with Crippen molar-refractivity contribution in [2.24, 2.45) is 10.7 Å². The van der Waals surface area contributed by atoms with E-state index in [1.807, 2.05) is 31.1 Å². The van der Waals surface area contributed by atoms with Crippen LogP contribution in [0.1, 0.15) is 41.0 Å². The fraction of sp³-hybridized carbons (Fsp3) is 0.500. The highest BCUT2D eigenvalue weighted by Gasteiger charge is 2.35. The second-order valence-corrected chi connectivity index (χ2v) is 5.85. The monoisotopic (exact) mass is 340 g/mol. The molecule has 0 aromatic carbocycles. The first-order valence-electron chi connectivity index (χ1n) is 7.57. The lowest BCUT2D eigenvalue weighted by atomic mass is 10.1. The van der Waals surface area contributed by atoms with Crippen molar-refractivity contribution in [1.29, 1.82) is 0 Å². The molecule has 1 aliphatic heterocycles. The van der Waals surface area contributed by atoms with E-state index in [0.717, 1.165) is 12.1 Å². The molecule has 1 rings (SSSR count). The Morgan fingerprint density at radius 1 is 1.52 bits per heavy atom. The molecule has 0 spiro atoms. The van der Waals surface area contributed by atoms with E-state index < -0.39 is 5.97 Å². The SMILES string of the molecule is C/C=C\N(/C(C)=C(Cl)/N=C(C(=O)O)\C(N)=C(/C)CC)N1CC1C. The molecule has 1 heterocycles. The molecule has 7 heteroatoms. The number of nitrogens with zero attached hydrogens (tertiary/aromatic N) is 3. The van der Waals surface area contributed by atoms with E-state index in [1.54, 1.807) is 13.8 Å². The van der Waals surface area contributed by atoms with Crippen molar-refractivity contribution in [2.45, 2.75) is 47.1 Å². The third-order valence-corrected chi connectivity index (χ3v) is 4.05. The highest BCUT2D eigenvalue weighted by atomic mass is 35.5. The molecule has 1 aliphatic rings. The van der Waals surface area contributed by atoms with Crippen LogP contribution in [0.25, 0.3) is 0 Å². The molecule has 2 atom stereocenters. The molecule has 23 heavy (non-hydrogen) atoms. The summed E-state index contributed by atoms with van der Waals surface area (Å²) in [5.74, 6) is -1.20. The summed E-state index contributed by atoms with van der Waals surface area (Å²) in [4.78, 5) is 15.5. The Bertz CT molecular complexity index is 593. The molecule has 1 saturated heterocycles. The van der Waals surface area contributed by atoms with E-state index in [0.29, 0.717) is 18.2 Å². The summed E-state index contributed by atoms with van der Waals surface area (Å²) in [6.45, 7) is 10.4. The van der Waals surface area contributed by atoms with Gasteiger partial charge in [-0.05, 0) is 39.7 Å². The van der Waals surface area contributed by atoms with Gasteiger partial charge in [-0.3, -0.25) is 5.01 Å². The van der Waals surface area contributed by atoms with Crippen molar-refractivity contribution in [3.63, 3.8) is 0 Å². The van der Waals surface area contributed by atoms with Crippen LogP contribution in [-0.2, 0) is 4.79 Å². The quantitative estimate of drug-likeness (QED) is 0.423. The van der Waals surface area contributed by atoms with Crippen LogP contribution in [0.3, 0.4) is 0 Å². The Hall–Kier alpha value is -1.79. The van der Waals surface area contributed by atoms with E-state index in [4.69, 9.17) is 17.3 Å². The number of carbonyl (C=O) groups is 1. The highest BCUT2D eigenvalue weighted by molar-refractivity contribution is 6.44. The molecule has 0 aliphatic carbocycles. The molecule has 2 unspecified atom stereocenters. The number of hydrogen-bond donors (Lipinski definition) is 2. The Kier molecular flexibility index (Phi) is 6.84. The lowest BCUT2D eigenvalue weighted by Crippen LogP contribution is -2.25. The van der Waals surface area contributed by atoms with Gasteiger partial charge in [-0.2, -0.15) is 0 Å². The average Bonchev–Trinajstić information content (AvgIpc) is 3.23. The van der Waals surface area contributed by atoms with Gasteiger partial charge in [0.2, 0.25) is 0 Å². The van der Waals surface area contributed by atoms with E-state index in [9.17, 15) is 9.90 Å². The normalized spacial score (nSPS) is 23.5. The standard InChI is InChI=1S/C16H25ClN4O2/c1-6-8-20(21-9-11(21)4)12(5)15(17)19-14(16(22)23)13(18)10(3)7-2/h6,8,11H,7,9,18H2,1-5H3,(H,22,23)/b8-6-,13-10-,15-12+,19-14+. The van der Waals surface area contributed by atoms with Crippen molar-refractivity contribution in [3.05, 3.63) is 34.4 Å². The zero-order valence-electron chi connectivity index (χ0n) is 14.3. The minimum atomic E-state index is -1.20. The molecule has 128 valence electrons. The van der Waals surface area contributed by atoms with E-state index in [1.165, 1.54) is 0 Å². The average molecular weight is 341 g/mol. The number of rotatable bonds is 7. The van der Waals surface area contributed by atoms with Gasteiger partial charge in [-0.1, -0.05) is 24.6 Å². The van der Waals surface area contributed by atoms with Crippen molar-refractivity contribution in [1.82, 2.24) is 10.0 Å². The summed E-state index contributed by atoms with van der Waals surface area (Å²) >= 11 is 6.26. The molecule has 0 bridgehead atoms. The Labute approximate surface area is 142 Å². The second kappa shape index (κ2) is 8.17. The number of aliphatic imine (C=N–C) groups is 1. The first-order chi connectivity index (χ1) is 10.7. The van der Waals surface area contributed by atoms with Gasteiger partial charge in [0.25, 0.3) is 0 Å². The molecule has 1 fully saturated rings. The number of hydrogen-bond acceptors (Lipinski definition) is 5. The third-order valence-electron chi connectivity index (χ3n) is 3.69. The zero-order chi connectivity index (χ0) is 17.7. The maximum Gasteiger partial charge on any atom is 0.356 e. The highest BCUT2D eigenvalue weighted by Crippen LogP contribution is 2.27. The fourth-order valence-electron chi connectivity index (χ4n) is 1.94. The molecule has 0 aromatic heterocycles. The van der Waals surface area contributed by atoms with Crippen LogP contribution in [0.2, 0.25) is 0 Å². The summed E-state index contributed by atoms with van der Waals surface area (Å²) in [7, 11) is 0. The number of aliphatic carboxylic acids is 1. The molecule has 6 nitrogen and oxygen atoms in total. The smallest absolute Gasteiger partial charge is 0.356 e. The zero-order valence-corrected chi connectivity index (χ0v) is 15.1. The molecule has 0 aromatic rings. The summed E-state index contributed by atoms with van der Waals surface area (Å²) in [6.07, 6.45) is 4.40. The number of nitrogens with two attached hydrogens (primary N) is 1. The van der Waals surface area contributed by atoms with Gasteiger partial charge in [-0.25, -0.2) is 14.8 Å². The Balaban J connectivity index is 3.25. The van der Waals surface area contributed by atoms with Crippen molar-refractivity contribution in [2.75, 3.05) is 6.54 Å². The predicted molar refractivity (Wildman–Crippen MR) is 93.6 cm³/mol. The second-order valence-electron chi connectivity index (χ2n) is 5.49. The van der Waals surface area contributed by atoms with Crippen LogP contribution in [0.5, 0.6) is 0 Å². The van der Waals surface area contributed by atoms with Gasteiger partial charge >= 0.3 is 5.97 Å². The van der Waals surface area contributed by atoms with Gasteiger partial charge in [0.15, 0.2) is 10.9 Å². The lowest BCUT2D eigenvalue weighted by Gasteiger charge is -2.23. The van der Waals surface area contributed by atoms with Gasteiger partial charge in [0.1, 0.15) is 0 Å². The van der Waals surface area contributed by atoms with E-state index in [-0.39, 0.29) is 16.6 Å². The maximum atomic E-state index is 11.4. The minimum Gasteiger partial charge on any atom is -0.476 e. The van der Waals surface area contributed by atoms with Crippen molar-refractivity contribution < 1.29 is 9.90 Å². The summed E-state index contributed by atoms with van der Waals surface area (Å²) < 4.78 is 0. The number of carboxylic acid groups (broad SMARTS) is 1. The first-order valence-corrected chi connectivity index (χ1v) is 7.94. The number of hydrazine groups is 1. The van der Waals surface area contributed by atoms with E-state index >= 15 is 0 Å². The number of halogens is 1. The van der Waals surface area contributed by atoms with Gasteiger partial charge in [0, 0.05) is 18.8 Å². The maximum absolute atomic E-state index is 11.4. The Morgan fingerprint density at radius 2 is 2.09 bits per heavy atom. The summed E-state index contributed by atoms with van der Waals surface area (Å²) in [5.41, 5.74) is 7.24. The fourth-order valence-corrected chi connectivity index (χ4v) is 2.12. The van der Waals surface area contributed by atoms with E-state index in [2.05, 4.69) is 16.9 Å². The molecular formula is C16H25ClN4O2. The van der Waals surface area contributed by atoms with Crippen LogP contribution >= 0.6 is 11.6 Å². The van der Waals surface area contributed by atoms with Gasteiger partial charge in [-0.15, -0.1) is 0 Å². The number of carboxylic acids is 1. The minimum absolute atomic E-state index is 0.103. The molecule has 0 saturated carbocycles. The van der Waals surface area contributed by atoms with Crippen LogP contribution in [0, 0.1) is 0 Å². The van der Waals surface area contributed by atoms with Gasteiger partial charge < -0.3 is 10.8 Å². The van der Waals surface area contributed by atoms with Crippen LogP contribution in [-0.4, -0.2) is 39.4 Å². The summed E-state index contributed by atoms with van der Waals surface area (Å²) in [5, 5.41) is 13.4. The summed E-state index contributed by atoms with van der Waals surface area (Å²) in [6, 6.07) is 0.417. The van der Waals surface area contributed by atoms with Crippen LogP contribution in [0.4, 0.5) is 0 Å². The molecule has 0 amide bonds. The largest absolute Gasteiger partial charge is 0.476 e. The topological polar surface area (TPSA) is 81.9 Å². The van der Waals surface area contributed by atoms with Crippen molar-refractivity contribution in [3.8, 4) is 0 Å². The molecular weight excluding hydrogens is 316 g/mol. The van der Waals surface area contributed by atoms with Crippen molar-refractivity contribution >= 4 is 23.3 Å².